The zero-order valence-electron chi connectivity index (χ0n) is 11.3. The predicted octanol–water partition coefficient (Wildman–Crippen LogP) is 5.03. The van der Waals surface area contributed by atoms with E-state index in [9.17, 15) is 0 Å². The molecular formula is C18H17N. The van der Waals surface area contributed by atoms with Crippen molar-refractivity contribution in [1.82, 2.24) is 4.98 Å². The molecule has 0 atom stereocenters. The summed E-state index contributed by atoms with van der Waals surface area (Å²) in [6.45, 7) is 4.44. The summed E-state index contributed by atoms with van der Waals surface area (Å²) in [5.74, 6) is 0.465. The van der Waals surface area contributed by atoms with Crippen molar-refractivity contribution in [3.8, 4) is 11.3 Å². The van der Waals surface area contributed by atoms with E-state index in [1.165, 1.54) is 16.5 Å². The predicted molar refractivity (Wildman–Crippen MR) is 81.3 cm³/mol. The molecule has 1 heterocycles. The zero-order valence-corrected chi connectivity index (χ0v) is 11.3. The molecule has 0 aliphatic carbocycles. The van der Waals surface area contributed by atoms with Gasteiger partial charge in [-0.2, -0.15) is 0 Å². The second-order valence-corrected chi connectivity index (χ2v) is 5.14. The average molecular weight is 247 g/mol. The summed E-state index contributed by atoms with van der Waals surface area (Å²) >= 11 is 0. The molecule has 0 bridgehead atoms. The first-order valence-electron chi connectivity index (χ1n) is 6.71. The number of benzene rings is 2. The van der Waals surface area contributed by atoms with Crippen LogP contribution in [0.5, 0.6) is 0 Å². The summed E-state index contributed by atoms with van der Waals surface area (Å²) < 4.78 is 0. The molecule has 1 heteroatoms. The zero-order chi connectivity index (χ0) is 13.2. The average Bonchev–Trinajstić information content (AvgIpc) is 2.46. The third-order valence-electron chi connectivity index (χ3n) is 3.42. The van der Waals surface area contributed by atoms with Crippen molar-refractivity contribution in [2.45, 2.75) is 19.8 Å². The molecule has 0 radical (unpaired) electrons. The van der Waals surface area contributed by atoms with Gasteiger partial charge in [-0.15, -0.1) is 0 Å². The molecule has 3 aromatic rings. The minimum absolute atomic E-state index is 0.465. The summed E-state index contributed by atoms with van der Waals surface area (Å²) in [5, 5.41) is 1.21. The van der Waals surface area contributed by atoms with E-state index < -0.39 is 0 Å². The van der Waals surface area contributed by atoms with Gasteiger partial charge in [-0.1, -0.05) is 62.4 Å². The van der Waals surface area contributed by atoms with E-state index in [-0.39, 0.29) is 0 Å². The highest BCUT2D eigenvalue weighted by Crippen LogP contribution is 2.30. The lowest BCUT2D eigenvalue weighted by molar-refractivity contribution is 0.865. The minimum atomic E-state index is 0.465. The second kappa shape index (κ2) is 4.85. The van der Waals surface area contributed by atoms with Gasteiger partial charge in [0.05, 0.1) is 11.2 Å². The summed E-state index contributed by atoms with van der Waals surface area (Å²) in [5.41, 5.74) is 4.67. The Labute approximate surface area is 113 Å². The maximum Gasteiger partial charge on any atom is 0.0744 e. The van der Waals surface area contributed by atoms with Gasteiger partial charge in [0.2, 0.25) is 0 Å². The van der Waals surface area contributed by atoms with Gasteiger partial charge in [0.25, 0.3) is 0 Å². The van der Waals surface area contributed by atoms with Gasteiger partial charge < -0.3 is 0 Å². The number of fused-ring (bicyclic) bond motifs is 1. The summed E-state index contributed by atoms with van der Waals surface area (Å²) in [4.78, 5) is 4.87. The van der Waals surface area contributed by atoms with Crippen molar-refractivity contribution < 1.29 is 0 Å². The number of nitrogens with zero attached hydrogens (tertiary/aromatic N) is 1. The molecule has 0 saturated carbocycles. The summed E-state index contributed by atoms with van der Waals surface area (Å²) in [7, 11) is 0. The molecular weight excluding hydrogens is 230 g/mol. The maximum atomic E-state index is 4.87. The van der Waals surface area contributed by atoms with Crippen molar-refractivity contribution in [1.29, 1.82) is 0 Å². The lowest BCUT2D eigenvalue weighted by atomic mass is 9.95. The molecule has 1 nitrogen and oxygen atoms in total. The number of hydrogen-bond acceptors (Lipinski definition) is 1. The van der Waals surface area contributed by atoms with Crippen molar-refractivity contribution >= 4 is 10.9 Å². The standard InChI is InChI=1S/C18H17N/c1-13(2)16-12-15-10-6-7-11-17(15)19-18(16)14-8-4-3-5-9-14/h3-13H,1-2H3. The number of hydrogen-bond donors (Lipinski definition) is 0. The molecule has 0 saturated heterocycles. The summed E-state index contributed by atoms with van der Waals surface area (Å²) in [6.07, 6.45) is 0. The van der Waals surface area contributed by atoms with Crippen LogP contribution in [-0.2, 0) is 0 Å². The monoisotopic (exact) mass is 247 g/mol. The molecule has 0 aliphatic heterocycles. The van der Waals surface area contributed by atoms with Crippen LogP contribution in [0, 0.1) is 0 Å². The number of para-hydroxylation sites is 1. The largest absolute Gasteiger partial charge is 0.247 e. The third-order valence-corrected chi connectivity index (χ3v) is 3.42. The van der Waals surface area contributed by atoms with E-state index in [1.807, 2.05) is 12.1 Å². The highest BCUT2D eigenvalue weighted by molar-refractivity contribution is 5.83. The van der Waals surface area contributed by atoms with Crippen LogP contribution in [0.1, 0.15) is 25.3 Å². The molecule has 0 N–H and O–H groups in total. The van der Waals surface area contributed by atoms with Gasteiger partial charge in [-0.05, 0) is 23.6 Å². The van der Waals surface area contributed by atoms with Crippen molar-refractivity contribution in [2.24, 2.45) is 0 Å². The Kier molecular flexibility index (Phi) is 3.04. The van der Waals surface area contributed by atoms with Crippen LogP contribution >= 0.6 is 0 Å². The van der Waals surface area contributed by atoms with Gasteiger partial charge in [-0.25, -0.2) is 4.98 Å². The van der Waals surface area contributed by atoms with Crippen molar-refractivity contribution in [2.75, 3.05) is 0 Å². The van der Waals surface area contributed by atoms with Gasteiger partial charge in [0.1, 0.15) is 0 Å². The first kappa shape index (κ1) is 11.9. The molecule has 1 aromatic heterocycles. The van der Waals surface area contributed by atoms with Crippen LogP contribution in [0.2, 0.25) is 0 Å². The molecule has 0 unspecified atom stereocenters. The van der Waals surface area contributed by atoms with Crippen LogP contribution in [-0.4, -0.2) is 4.98 Å². The van der Waals surface area contributed by atoms with Gasteiger partial charge >= 0.3 is 0 Å². The van der Waals surface area contributed by atoms with Crippen LogP contribution in [0.25, 0.3) is 22.2 Å². The fourth-order valence-corrected chi connectivity index (χ4v) is 2.40. The Hall–Kier alpha value is -2.15. The van der Waals surface area contributed by atoms with E-state index in [0.717, 1.165) is 11.2 Å². The van der Waals surface area contributed by atoms with Gasteiger partial charge in [-0.3, -0.25) is 0 Å². The fourth-order valence-electron chi connectivity index (χ4n) is 2.40. The lowest BCUT2D eigenvalue weighted by Gasteiger charge is -2.13. The Bertz CT molecular complexity index is 699. The van der Waals surface area contributed by atoms with E-state index in [1.54, 1.807) is 0 Å². The third kappa shape index (κ3) is 2.24. The number of rotatable bonds is 2. The number of pyridine rings is 1. The highest BCUT2D eigenvalue weighted by Gasteiger charge is 2.11. The Morgan fingerprint density at radius 1 is 0.842 bits per heavy atom. The van der Waals surface area contributed by atoms with Crippen molar-refractivity contribution in [3.63, 3.8) is 0 Å². The Morgan fingerprint density at radius 3 is 2.26 bits per heavy atom. The van der Waals surface area contributed by atoms with Crippen LogP contribution in [0.3, 0.4) is 0 Å². The number of aromatic nitrogens is 1. The molecule has 0 amide bonds. The first-order valence-corrected chi connectivity index (χ1v) is 6.71. The highest BCUT2D eigenvalue weighted by atomic mass is 14.7. The Morgan fingerprint density at radius 2 is 1.53 bits per heavy atom. The molecule has 2 aromatic carbocycles. The smallest absolute Gasteiger partial charge is 0.0744 e. The van der Waals surface area contributed by atoms with Crippen LogP contribution in [0.4, 0.5) is 0 Å². The van der Waals surface area contributed by atoms with Crippen molar-refractivity contribution in [3.05, 3.63) is 66.2 Å². The van der Waals surface area contributed by atoms with E-state index in [0.29, 0.717) is 5.92 Å². The maximum absolute atomic E-state index is 4.87. The molecule has 0 spiro atoms. The first-order chi connectivity index (χ1) is 9.25. The van der Waals surface area contributed by atoms with Crippen LogP contribution < -0.4 is 0 Å². The minimum Gasteiger partial charge on any atom is -0.247 e. The quantitative estimate of drug-likeness (QED) is 0.619. The molecule has 0 fully saturated rings. The van der Waals surface area contributed by atoms with E-state index in [4.69, 9.17) is 4.98 Å². The molecule has 3 rings (SSSR count). The fraction of sp³-hybridized carbons (Fsp3) is 0.167. The second-order valence-electron chi connectivity index (χ2n) is 5.14. The van der Waals surface area contributed by atoms with Crippen LogP contribution in [0.15, 0.2) is 60.7 Å². The molecule has 0 aliphatic rings. The SMILES string of the molecule is CC(C)c1cc2ccccc2nc1-c1ccccc1. The molecule has 94 valence electrons. The summed E-state index contributed by atoms with van der Waals surface area (Å²) in [6, 6.07) is 21.0. The van der Waals surface area contributed by atoms with Gasteiger partial charge in [0.15, 0.2) is 0 Å². The Balaban J connectivity index is 2.30. The normalized spacial score (nSPS) is 11.1. The lowest BCUT2D eigenvalue weighted by Crippen LogP contribution is -1.96. The topological polar surface area (TPSA) is 12.9 Å². The van der Waals surface area contributed by atoms with E-state index in [2.05, 4.69) is 62.4 Å². The van der Waals surface area contributed by atoms with Gasteiger partial charge in [0, 0.05) is 10.9 Å². The van der Waals surface area contributed by atoms with E-state index >= 15 is 0 Å². The molecule has 19 heavy (non-hydrogen) atoms.